The number of piperidine rings is 1. The molecule has 2 nitrogen and oxygen atoms in total. The Hall–Kier alpha value is -2.52. The monoisotopic (exact) mass is 360 g/mol. The zero-order valence-corrected chi connectivity index (χ0v) is 15.5. The van der Waals surface area contributed by atoms with E-state index in [-0.39, 0.29) is 5.82 Å². The average molecular weight is 360 g/mol. The van der Waals surface area contributed by atoms with Crippen LogP contribution in [0.2, 0.25) is 0 Å². The number of halogens is 1. The molecule has 27 heavy (non-hydrogen) atoms. The third-order valence-electron chi connectivity index (χ3n) is 5.55. The van der Waals surface area contributed by atoms with E-state index in [1.54, 1.807) is 0 Å². The van der Waals surface area contributed by atoms with Crippen LogP contribution in [0.3, 0.4) is 0 Å². The number of hydrogen-bond acceptors (Lipinski definition) is 2. The van der Waals surface area contributed by atoms with Crippen molar-refractivity contribution >= 4 is 0 Å². The van der Waals surface area contributed by atoms with Crippen molar-refractivity contribution in [2.24, 2.45) is 0 Å². The highest BCUT2D eigenvalue weighted by Crippen LogP contribution is 2.28. The van der Waals surface area contributed by atoms with Crippen LogP contribution < -0.4 is 0 Å². The highest BCUT2D eigenvalue weighted by Gasteiger charge is 2.20. The van der Waals surface area contributed by atoms with Gasteiger partial charge in [0.05, 0.1) is 0 Å². The second-order valence-electron chi connectivity index (χ2n) is 7.37. The molecule has 3 heteroatoms. The molecule has 1 aliphatic heterocycles. The molecule has 138 valence electrons. The summed E-state index contributed by atoms with van der Waals surface area (Å²) < 4.78 is 13.1. The van der Waals surface area contributed by atoms with Gasteiger partial charge in [-0.05, 0) is 73.2 Å². The van der Waals surface area contributed by atoms with Crippen LogP contribution in [0.5, 0.6) is 0 Å². The topological polar surface area (TPSA) is 16.1 Å². The lowest BCUT2D eigenvalue weighted by atomic mass is 9.89. The lowest BCUT2D eigenvalue weighted by Crippen LogP contribution is -2.34. The summed E-state index contributed by atoms with van der Waals surface area (Å²) in [6, 6.07) is 19.7. The highest BCUT2D eigenvalue weighted by molar-refractivity contribution is 5.62. The van der Waals surface area contributed by atoms with E-state index in [0.717, 1.165) is 37.2 Å². The quantitative estimate of drug-likeness (QED) is 0.613. The van der Waals surface area contributed by atoms with Gasteiger partial charge in [-0.25, -0.2) is 4.39 Å². The van der Waals surface area contributed by atoms with Gasteiger partial charge in [0.1, 0.15) is 5.82 Å². The summed E-state index contributed by atoms with van der Waals surface area (Å²) in [7, 11) is 0. The van der Waals surface area contributed by atoms with Crippen LogP contribution in [0.25, 0.3) is 11.1 Å². The fourth-order valence-electron chi connectivity index (χ4n) is 3.93. The molecule has 0 spiro atoms. The fourth-order valence-corrected chi connectivity index (χ4v) is 3.93. The Kier molecular flexibility index (Phi) is 5.59. The molecule has 4 rings (SSSR count). The van der Waals surface area contributed by atoms with Crippen molar-refractivity contribution in [3.8, 4) is 11.1 Å². The second kappa shape index (κ2) is 8.45. The standard InChI is InChI=1S/C24H25FN2/c25-24-8-6-21(7-9-24)23-16-19(17-26-18-23)10-13-27-14-11-22(12-15-27)20-4-2-1-3-5-20/h1-9,16-18,22H,10-15H2. The fraction of sp³-hybridized carbons (Fsp3) is 0.292. The van der Waals surface area contributed by atoms with Gasteiger partial charge in [-0.1, -0.05) is 42.5 Å². The largest absolute Gasteiger partial charge is 0.303 e. The minimum atomic E-state index is -0.207. The lowest BCUT2D eigenvalue weighted by Gasteiger charge is -2.32. The molecule has 3 aromatic rings. The number of hydrogen-bond donors (Lipinski definition) is 0. The normalized spacial score (nSPS) is 15.7. The highest BCUT2D eigenvalue weighted by atomic mass is 19.1. The molecule has 0 aliphatic carbocycles. The average Bonchev–Trinajstić information content (AvgIpc) is 2.74. The van der Waals surface area contributed by atoms with Crippen molar-refractivity contribution in [1.82, 2.24) is 9.88 Å². The molecular weight excluding hydrogens is 335 g/mol. The van der Waals surface area contributed by atoms with E-state index in [2.05, 4.69) is 46.3 Å². The predicted molar refractivity (Wildman–Crippen MR) is 108 cm³/mol. The van der Waals surface area contributed by atoms with Crippen LogP contribution in [0.4, 0.5) is 4.39 Å². The molecule has 1 saturated heterocycles. The molecule has 0 saturated carbocycles. The minimum Gasteiger partial charge on any atom is -0.303 e. The van der Waals surface area contributed by atoms with Gasteiger partial charge in [-0.15, -0.1) is 0 Å². The third kappa shape index (κ3) is 4.61. The lowest BCUT2D eigenvalue weighted by molar-refractivity contribution is 0.214. The molecule has 0 radical (unpaired) electrons. The third-order valence-corrected chi connectivity index (χ3v) is 5.55. The van der Waals surface area contributed by atoms with Crippen LogP contribution in [-0.2, 0) is 6.42 Å². The molecule has 2 aromatic carbocycles. The maximum Gasteiger partial charge on any atom is 0.123 e. The molecule has 0 N–H and O–H groups in total. The maximum absolute atomic E-state index is 13.1. The summed E-state index contributed by atoms with van der Waals surface area (Å²) in [6.45, 7) is 3.38. The zero-order chi connectivity index (χ0) is 18.5. The SMILES string of the molecule is Fc1ccc(-c2cncc(CCN3CCC(c4ccccc4)CC3)c2)cc1. The Balaban J connectivity index is 1.32. The Morgan fingerprint density at radius 2 is 1.63 bits per heavy atom. The van der Waals surface area contributed by atoms with Crippen molar-refractivity contribution in [2.75, 3.05) is 19.6 Å². The van der Waals surface area contributed by atoms with E-state index in [1.807, 2.05) is 24.5 Å². The van der Waals surface area contributed by atoms with E-state index in [4.69, 9.17) is 0 Å². The second-order valence-corrected chi connectivity index (χ2v) is 7.37. The molecule has 0 unspecified atom stereocenters. The first-order valence-corrected chi connectivity index (χ1v) is 9.75. The first-order valence-electron chi connectivity index (χ1n) is 9.75. The number of pyridine rings is 1. The van der Waals surface area contributed by atoms with Crippen molar-refractivity contribution in [2.45, 2.75) is 25.2 Å². The van der Waals surface area contributed by atoms with Crippen molar-refractivity contribution in [1.29, 1.82) is 0 Å². The van der Waals surface area contributed by atoms with Gasteiger partial charge in [0.25, 0.3) is 0 Å². The van der Waals surface area contributed by atoms with Crippen molar-refractivity contribution in [3.05, 3.63) is 90.0 Å². The van der Waals surface area contributed by atoms with Crippen LogP contribution in [-0.4, -0.2) is 29.5 Å². The Morgan fingerprint density at radius 3 is 2.37 bits per heavy atom. The predicted octanol–water partition coefficient (Wildman–Crippen LogP) is 5.31. The van der Waals surface area contributed by atoms with E-state index >= 15 is 0 Å². The van der Waals surface area contributed by atoms with E-state index < -0.39 is 0 Å². The summed E-state index contributed by atoms with van der Waals surface area (Å²) in [5.41, 5.74) is 4.78. The van der Waals surface area contributed by atoms with E-state index in [0.29, 0.717) is 5.92 Å². The van der Waals surface area contributed by atoms with Crippen LogP contribution in [0.15, 0.2) is 73.1 Å². The summed E-state index contributed by atoms with van der Waals surface area (Å²) in [5.74, 6) is 0.493. The zero-order valence-electron chi connectivity index (χ0n) is 15.5. The number of aromatic nitrogens is 1. The first kappa shape index (κ1) is 17.9. The maximum atomic E-state index is 13.1. The Morgan fingerprint density at radius 1 is 0.889 bits per heavy atom. The van der Waals surface area contributed by atoms with Gasteiger partial charge < -0.3 is 4.90 Å². The van der Waals surface area contributed by atoms with Crippen molar-refractivity contribution < 1.29 is 4.39 Å². The van der Waals surface area contributed by atoms with Crippen LogP contribution in [0.1, 0.15) is 29.9 Å². The molecule has 1 aliphatic rings. The van der Waals surface area contributed by atoms with Gasteiger partial charge in [0.15, 0.2) is 0 Å². The molecule has 0 atom stereocenters. The van der Waals surface area contributed by atoms with Gasteiger partial charge in [-0.2, -0.15) is 0 Å². The number of benzene rings is 2. The molecule has 2 heterocycles. The van der Waals surface area contributed by atoms with Crippen molar-refractivity contribution in [3.63, 3.8) is 0 Å². The first-order chi connectivity index (χ1) is 13.3. The summed E-state index contributed by atoms with van der Waals surface area (Å²) in [4.78, 5) is 6.95. The van der Waals surface area contributed by atoms with Crippen LogP contribution >= 0.6 is 0 Å². The molecule has 1 aromatic heterocycles. The number of likely N-dealkylation sites (tertiary alicyclic amines) is 1. The van der Waals surface area contributed by atoms with E-state index in [9.17, 15) is 4.39 Å². The Labute approximate surface area is 160 Å². The van der Waals surface area contributed by atoms with Crippen LogP contribution in [0, 0.1) is 5.82 Å². The van der Waals surface area contributed by atoms with Gasteiger partial charge in [0, 0.05) is 24.5 Å². The van der Waals surface area contributed by atoms with E-state index in [1.165, 1.54) is 36.1 Å². The summed E-state index contributed by atoms with van der Waals surface area (Å²) in [6.07, 6.45) is 7.26. The molecule has 0 bridgehead atoms. The Bertz CT molecular complexity index is 853. The van der Waals surface area contributed by atoms with Gasteiger partial charge in [0.2, 0.25) is 0 Å². The number of rotatable bonds is 5. The molecule has 0 amide bonds. The summed E-state index contributed by atoms with van der Waals surface area (Å²) >= 11 is 0. The smallest absolute Gasteiger partial charge is 0.123 e. The van der Waals surface area contributed by atoms with Gasteiger partial charge >= 0.3 is 0 Å². The van der Waals surface area contributed by atoms with Gasteiger partial charge in [-0.3, -0.25) is 4.98 Å². The minimum absolute atomic E-state index is 0.207. The summed E-state index contributed by atoms with van der Waals surface area (Å²) in [5, 5.41) is 0. The number of nitrogens with zero attached hydrogens (tertiary/aromatic N) is 2. The molecular formula is C24H25FN2. The molecule has 1 fully saturated rings.